The number of hydrogen-bond acceptors (Lipinski definition) is 6. The molecular weight excluding hydrogens is 584 g/mol. The molecule has 2 heterocycles. The molecule has 1 N–H and O–H groups in total. The highest BCUT2D eigenvalue weighted by molar-refractivity contribution is 14.2. The van der Waals surface area contributed by atoms with Gasteiger partial charge in [0.25, 0.3) is 0 Å². The molecule has 0 radical (unpaired) electrons. The summed E-state index contributed by atoms with van der Waals surface area (Å²) in [7, 11) is 0. The van der Waals surface area contributed by atoms with E-state index in [0.29, 0.717) is 35.1 Å². The molecule has 0 spiro atoms. The summed E-state index contributed by atoms with van der Waals surface area (Å²) in [6.45, 7) is 2.58. The van der Waals surface area contributed by atoms with Crippen LogP contribution < -0.4 is 9.64 Å². The summed E-state index contributed by atoms with van der Waals surface area (Å²) in [6.07, 6.45) is 2.46. The van der Waals surface area contributed by atoms with Gasteiger partial charge in [-0.3, -0.25) is 0 Å². The Balaban J connectivity index is 1.54. The first-order valence-electron chi connectivity index (χ1n) is 10.9. The maximum Gasteiger partial charge on any atom is 0.232 e. The molecule has 3 aromatic rings. The molecule has 6 nitrogen and oxygen atoms in total. The molecule has 0 saturated carbocycles. The first-order valence-corrected chi connectivity index (χ1v) is 15.3. The quantitative estimate of drug-likeness (QED) is 0.187. The van der Waals surface area contributed by atoms with Gasteiger partial charge < -0.3 is 19.3 Å². The van der Waals surface area contributed by atoms with E-state index in [9.17, 15) is 10.4 Å². The topological polar surface area (TPSA) is 78.6 Å². The van der Waals surface area contributed by atoms with Crippen LogP contribution in [0.2, 0.25) is 5.02 Å². The van der Waals surface area contributed by atoms with Crippen molar-refractivity contribution in [2.75, 3.05) is 24.6 Å². The molecule has 1 fully saturated rings. The van der Waals surface area contributed by atoms with E-state index in [-0.39, 0.29) is 6.10 Å². The molecule has 1 saturated heterocycles. The van der Waals surface area contributed by atoms with E-state index in [1.54, 1.807) is 36.5 Å². The first-order chi connectivity index (χ1) is 16.6. The lowest BCUT2D eigenvalue weighted by Gasteiger charge is -2.24. The number of ether oxygens (including phenoxy) is 1. The first kappa shape index (κ1) is 25.2. The lowest BCUT2D eigenvalue weighted by molar-refractivity contribution is 0.216. The zero-order chi connectivity index (χ0) is 23.9. The number of aromatic nitrogens is 1. The van der Waals surface area contributed by atoms with Crippen LogP contribution in [0.3, 0.4) is 0 Å². The van der Waals surface area contributed by atoms with Gasteiger partial charge in [0.1, 0.15) is 17.2 Å². The fourth-order valence-electron chi connectivity index (χ4n) is 4.11. The summed E-state index contributed by atoms with van der Waals surface area (Å²) >= 11 is 8.43. The Morgan fingerprint density at radius 1 is 1.24 bits per heavy atom. The van der Waals surface area contributed by atoms with Crippen LogP contribution in [-0.2, 0) is 10.9 Å². The van der Waals surface area contributed by atoms with Crippen molar-refractivity contribution in [3.63, 3.8) is 0 Å². The number of pyridine rings is 1. The number of halogens is 2. The van der Waals surface area contributed by atoms with Crippen LogP contribution in [0.5, 0.6) is 5.88 Å². The fraction of sp³-hybridized carbons (Fsp3) is 0.280. The van der Waals surface area contributed by atoms with E-state index in [4.69, 9.17) is 20.9 Å². The largest absolute Gasteiger partial charge is 0.471 e. The summed E-state index contributed by atoms with van der Waals surface area (Å²) in [5.41, 5.74) is 4.24. The van der Waals surface area contributed by atoms with Gasteiger partial charge in [-0.25, -0.2) is 4.98 Å². The lowest BCUT2D eigenvalue weighted by atomic mass is 9.96. The fourth-order valence-corrected chi connectivity index (χ4v) is 5.12. The van der Waals surface area contributed by atoms with Gasteiger partial charge in [-0.1, -0.05) is 35.9 Å². The average molecular weight is 608 g/mol. The highest BCUT2D eigenvalue weighted by atomic mass is 127. The molecule has 34 heavy (non-hydrogen) atoms. The van der Waals surface area contributed by atoms with Gasteiger partial charge in [0.15, 0.2) is 0 Å². The Morgan fingerprint density at radius 3 is 2.88 bits per heavy atom. The second-order valence-electron chi connectivity index (χ2n) is 7.97. The number of nitrogens with zero attached hydrogens (tertiary/aromatic N) is 3. The summed E-state index contributed by atoms with van der Waals surface area (Å²) in [5, 5.41) is 20.7. The average Bonchev–Trinajstić information content (AvgIpc) is 3.33. The van der Waals surface area contributed by atoms with Crippen LogP contribution in [0.25, 0.3) is 0 Å². The monoisotopic (exact) mass is 607 g/mol. The molecule has 4 rings (SSSR count). The summed E-state index contributed by atoms with van der Waals surface area (Å²) < 4.78 is 11.7. The van der Waals surface area contributed by atoms with E-state index in [1.807, 2.05) is 18.2 Å². The van der Waals surface area contributed by atoms with Gasteiger partial charge in [0.05, 0.1) is 31.2 Å². The molecule has 0 aliphatic carbocycles. The Kier molecular flexibility index (Phi) is 8.98. The van der Waals surface area contributed by atoms with Crippen molar-refractivity contribution in [2.45, 2.75) is 25.0 Å². The van der Waals surface area contributed by atoms with Crippen molar-refractivity contribution in [3.8, 4) is 11.9 Å². The maximum absolute atomic E-state index is 11.0. The Labute approximate surface area is 219 Å². The number of aliphatic hydroxyl groups excluding tert-OH is 1. The molecule has 1 aliphatic heterocycles. The molecule has 0 amide bonds. The van der Waals surface area contributed by atoms with E-state index < -0.39 is 6.10 Å². The standard InChI is InChI=1S/C25H24ClIN3O3P/c26-22-5-2-10-29-25(22)33-21-8-11-30(16-21)23-7-6-20(14-18(23)9-12-32-34-27)24(31)19-4-1-3-17(13-19)15-28/h1-7,10,13-14,21,24,31,34H,8-9,11-12,16H2/t21-,24?/m0/s1. The second-order valence-corrected chi connectivity index (χ2v) is 10.1. The van der Waals surface area contributed by atoms with Crippen molar-refractivity contribution in [3.05, 3.63) is 88.1 Å². The smallest absolute Gasteiger partial charge is 0.232 e. The van der Waals surface area contributed by atoms with Crippen molar-refractivity contribution < 1.29 is 14.4 Å². The molecule has 9 heteroatoms. The Bertz CT molecular complexity index is 1180. The molecule has 2 unspecified atom stereocenters. The zero-order valence-electron chi connectivity index (χ0n) is 18.3. The second kappa shape index (κ2) is 12.1. The van der Waals surface area contributed by atoms with Gasteiger partial charge >= 0.3 is 0 Å². The highest BCUT2D eigenvalue weighted by Gasteiger charge is 2.27. The molecule has 2 aromatic carbocycles. The molecule has 1 aliphatic rings. The van der Waals surface area contributed by atoms with Crippen molar-refractivity contribution in [1.82, 2.24) is 4.98 Å². The van der Waals surface area contributed by atoms with Crippen molar-refractivity contribution in [2.24, 2.45) is 0 Å². The normalized spacial score (nSPS) is 16.6. The third kappa shape index (κ3) is 6.18. The van der Waals surface area contributed by atoms with Gasteiger partial charge in [0.2, 0.25) is 5.88 Å². The lowest BCUT2D eigenvalue weighted by Crippen LogP contribution is -2.26. The predicted molar refractivity (Wildman–Crippen MR) is 144 cm³/mol. The van der Waals surface area contributed by atoms with E-state index in [2.05, 4.69) is 44.1 Å². The molecule has 176 valence electrons. The molecule has 0 bridgehead atoms. The van der Waals surface area contributed by atoms with Crippen molar-refractivity contribution >= 4 is 45.8 Å². The summed E-state index contributed by atoms with van der Waals surface area (Å²) in [6, 6.07) is 18.8. The number of benzene rings is 2. The molecule has 3 atom stereocenters. The minimum atomic E-state index is -0.811. The van der Waals surface area contributed by atoms with Crippen LogP contribution in [0.15, 0.2) is 60.8 Å². The third-order valence-corrected chi connectivity index (χ3v) is 7.30. The summed E-state index contributed by atoms with van der Waals surface area (Å²) in [4.78, 5) is 6.54. The molecular formula is C25H24ClIN3O3P. The van der Waals surface area contributed by atoms with Gasteiger partial charge in [-0.2, -0.15) is 5.26 Å². The van der Waals surface area contributed by atoms with Crippen LogP contribution in [-0.4, -0.2) is 35.9 Å². The number of aliphatic hydroxyl groups is 1. The van der Waals surface area contributed by atoms with E-state index in [1.165, 1.54) is 0 Å². The Hall–Kier alpha value is -1.95. The summed E-state index contributed by atoms with van der Waals surface area (Å²) in [5.74, 6) is 0.464. The van der Waals surface area contributed by atoms with Crippen LogP contribution in [0.1, 0.15) is 34.8 Å². The number of nitriles is 1. The zero-order valence-corrected chi connectivity index (χ0v) is 22.2. The predicted octanol–water partition coefficient (Wildman–Crippen LogP) is 5.85. The third-order valence-electron chi connectivity index (χ3n) is 5.77. The van der Waals surface area contributed by atoms with Crippen LogP contribution in [0, 0.1) is 11.3 Å². The van der Waals surface area contributed by atoms with Gasteiger partial charge in [-0.15, -0.1) is 0 Å². The number of rotatable bonds is 9. The molecule has 1 aromatic heterocycles. The number of hydrogen-bond donors (Lipinski definition) is 1. The van der Waals surface area contributed by atoms with E-state index in [0.717, 1.165) is 42.7 Å². The highest BCUT2D eigenvalue weighted by Crippen LogP contribution is 2.33. The van der Waals surface area contributed by atoms with Gasteiger partial charge in [0, 0.05) is 24.8 Å². The van der Waals surface area contributed by atoms with E-state index >= 15 is 0 Å². The maximum atomic E-state index is 11.0. The van der Waals surface area contributed by atoms with Crippen LogP contribution >= 0.6 is 40.1 Å². The van der Waals surface area contributed by atoms with Gasteiger partial charge in [-0.05, 0) is 75.5 Å². The SMILES string of the molecule is N#Cc1cccc(C(O)c2ccc(N3CC[C@H](Oc4ncccc4Cl)C3)c(CCOPI)c2)c1. The Morgan fingerprint density at radius 2 is 2.09 bits per heavy atom. The number of anilines is 1. The van der Waals surface area contributed by atoms with Crippen molar-refractivity contribution in [1.29, 1.82) is 5.26 Å². The minimum absolute atomic E-state index is 0.00804. The minimum Gasteiger partial charge on any atom is -0.471 e. The van der Waals surface area contributed by atoms with Crippen LogP contribution in [0.4, 0.5) is 5.69 Å².